The lowest BCUT2D eigenvalue weighted by atomic mass is 10.0. The molecule has 2 aromatic heterocycles. The second-order valence-electron chi connectivity index (χ2n) is 7.18. The molecule has 1 aromatic carbocycles. The summed E-state index contributed by atoms with van der Waals surface area (Å²) < 4.78 is 6.41. The van der Waals surface area contributed by atoms with Gasteiger partial charge in [-0.25, -0.2) is 0 Å². The number of nitrogens with one attached hydrogen (secondary N) is 1. The minimum Gasteiger partial charge on any atom is -0.488 e. The third-order valence-electron chi connectivity index (χ3n) is 5.75. The van der Waals surface area contributed by atoms with E-state index in [0.717, 1.165) is 40.8 Å². The number of nitrogens with zero attached hydrogens (tertiary/aromatic N) is 4. The fraction of sp³-hybridized carbons (Fsp3) is 0.421. The van der Waals surface area contributed by atoms with Gasteiger partial charge in [0.2, 0.25) is 0 Å². The Labute approximate surface area is 146 Å². The Kier molecular flexibility index (Phi) is 3.45. The minimum absolute atomic E-state index is 0.259. The molecule has 2 aliphatic heterocycles. The van der Waals surface area contributed by atoms with Gasteiger partial charge >= 0.3 is 0 Å². The zero-order valence-electron chi connectivity index (χ0n) is 14.2. The smallest absolute Gasteiger partial charge is 0.149 e. The van der Waals surface area contributed by atoms with Crippen LogP contribution in [-0.4, -0.2) is 50.5 Å². The number of piperidine rings is 1. The van der Waals surface area contributed by atoms with E-state index in [-0.39, 0.29) is 6.10 Å². The van der Waals surface area contributed by atoms with Crippen LogP contribution in [0.5, 0.6) is 5.75 Å². The highest BCUT2D eigenvalue weighted by molar-refractivity contribution is 5.84. The number of aromatic nitrogens is 4. The summed E-state index contributed by atoms with van der Waals surface area (Å²) in [5.41, 5.74) is 2.83. The van der Waals surface area contributed by atoms with Gasteiger partial charge in [0, 0.05) is 29.1 Å². The first kappa shape index (κ1) is 14.8. The SMILES string of the molecule is CN1C2CCC1CC(Oc1ccnnc1-c1ccc3[nH]ncc3c1)C2. The average Bonchev–Trinajstić information content (AvgIpc) is 3.16. The van der Waals surface area contributed by atoms with E-state index in [9.17, 15) is 0 Å². The normalized spacial score (nSPS) is 26.2. The molecule has 128 valence electrons. The molecule has 2 saturated heterocycles. The number of fused-ring (bicyclic) bond motifs is 3. The quantitative estimate of drug-likeness (QED) is 0.797. The monoisotopic (exact) mass is 335 g/mol. The van der Waals surface area contributed by atoms with Crippen molar-refractivity contribution in [2.45, 2.75) is 43.9 Å². The third kappa shape index (κ3) is 2.57. The van der Waals surface area contributed by atoms with Crippen LogP contribution in [0.25, 0.3) is 22.2 Å². The number of benzene rings is 1. The number of hydrogen-bond acceptors (Lipinski definition) is 5. The van der Waals surface area contributed by atoms with Gasteiger partial charge in [0.25, 0.3) is 0 Å². The molecule has 4 heterocycles. The largest absolute Gasteiger partial charge is 0.488 e. The Balaban J connectivity index is 1.44. The first-order valence-electron chi connectivity index (χ1n) is 8.92. The highest BCUT2D eigenvalue weighted by Gasteiger charge is 2.39. The lowest BCUT2D eigenvalue weighted by Gasteiger charge is -2.36. The molecule has 0 saturated carbocycles. The van der Waals surface area contributed by atoms with Crippen LogP contribution in [0.2, 0.25) is 0 Å². The molecular weight excluding hydrogens is 314 g/mol. The van der Waals surface area contributed by atoms with Gasteiger partial charge in [0.05, 0.1) is 17.9 Å². The molecule has 2 bridgehead atoms. The molecule has 0 aliphatic carbocycles. The van der Waals surface area contributed by atoms with Crippen LogP contribution in [0.15, 0.2) is 36.7 Å². The molecule has 0 radical (unpaired) electrons. The molecule has 25 heavy (non-hydrogen) atoms. The van der Waals surface area contributed by atoms with E-state index >= 15 is 0 Å². The fourth-order valence-corrected chi connectivity index (χ4v) is 4.34. The van der Waals surface area contributed by atoms with Crippen molar-refractivity contribution < 1.29 is 4.74 Å². The first-order valence-corrected chi connectivity index (χ1v) is 8.92. The van der Waals surface area contributed by atoms with E-state index < -0.39 is 0 Å². The predicted octanol–water partition coefficient (Wildman–Crippen LogP) is 3.02. The standard InChI is InChI=1S/C19H21N5O/c1-24-14-3-4-15(24)10-16(9-14)25-18-6-7-20-23-19(18)12-2-5-17-13(8-12)11-21-22-17/h2,5-8,11,14-16H,3-4,9-10H2,1H3,(H,21,22). The predicted molar refractivity (Wildman–Crippen MR) is 95.3 cm³/mol. The first-order chi connectivity index (χ1) is 12.3. The van der Waals surface area contributed by atoms with Crippen molar-refractivity contribution in [2.75, 3.05) is 7.05 Å². The second-order valence-corrected chi connectivity index (χ2v) is 7.18. The van der Waals surface area contributed by atoms with Crippen molar-refractivity contribution in [3.63, 3.8) is 0 Å². The van der Waals surface area contributed by atoms with E-state index in [1.54, 1.807) is 6.20 Å². The molecule has 0 spiro atoms. The summed E-state index contributed by atoms with van der Waals surface area (Å²) >= 11 is 0. The van der Waals surface area contributed by atoms with Crippen molar-refractivity contribution in [3.05, 3.63) is 36.7 Å². The molecule has 2 aliphatic rings. The Hall–Kier alpha value is -2.47. The summed E-state index contributed by atoms with van der Waals surface area (Å²) in [5, 5.41) is 16.6. The second kappa shape index (κ2) is 5.81. The van der Waals surface area contributed by atoms with E-state index in [0.29, 0.717) is 12.1 Å². The van der Waals surface area contributed by atoms with Gasteiger partial charge in [0.1, 0.15) is 17.5 Å². The molecule has 0 amide bonds. The van der Waals surface area contributed by atoms with Crippen LogP contribution in [0.3, 0.4) is 0 Å². The fourth-order valence-electron chi connectivity index (χ4n) is 4.34. The number of aromatic amines is 1. The zero-order valence-corrected chi connectivity index (χ0v) is 14.2. The van der Waals surface area contributed by atoms with Crippen LogP contribution < -0.4 is 4.74 Å². The molecule has 2 atom stereocenters. The van der Waals surface area contributed by atoms with Gasteiger partial charge in [-0.2, -0.15) is 10.2 Å². The van der Waals surface area contributed by atoms with E-state index in [1.807, 2.05) is 24.4 Å². The number of rotatable bonds is 3. The molecular formula is C19H21N5O. The molecule has 2 fully saturated rings. The minimum atomic E-state index is 0.259. The van der Waals surface area contributed by atoms with Gasteiger partial charge in [-0.1, -0.05) is 6.07 Å². The molecule has 5 rings (SSSR count). The lowest BCUT2D eigenvalue weighted by Crippen LogP contribution is -2.43. The van der Waals surface area contributed by atoms with Gasteiger partial charge in [-0.05, 0) is 44.9 Å². The van der Waals surface area contributed by atoms with E-state index in [4.69, 9.17) is 4.74 Å². The summed E-state index contributed by atoms with van der Waals surface area (Å²) in [6.45, 7) is 0. The molecule has 2 unspecified atom stereocenters. The third-order valence-corrected chi connectivity index (χ3v) is 5.75. The maximum Gasteiger partial charge on any atom is 0.149 e. The number of H-pyrrole nitrogens is 1. The van der Waals surface area contributed by atoms with Gasteiger partial charge in [-0.3, -0.25) is 5.10 Å². The van der Waals surface area contributed by atoms with Crippen molar-refractivity contribution in [2.24, 2.45) is 0 Å². The van der Waals surface area contributed by atoms with Crippen molar-refractivity contribution in [1.82, 2.24) is 25.3 Å². The Morgan fingerprint density at radius 2 is 2.00 bits per heavy atom. The highest BCUT2D eigenvalue weighted by atomic mass is 16.5. The molecule has 3 aromatic rings. The maximum absolute atomic E-state index is 6.41. The van der Waals surface area contributed by atoms with Crippen LogP contribution in [0, 0.1) is 0 Å². The Bertz CT molecular complexity index is 893. The summed E-state index contributed by atoms with van der Waals surface area (Å²) in [6, 6.07) is 9.38. The lowest BCUT2D eigenvalue weighted by molar-refractivity contribution is 0.0662. The summed E-state index contributed by atoms with van der Waals surface area (Å²) in [4.78, 5) is 2.53. The van der Waals surface area contributed by atoms with Crippen LogP contribution in [0.1, 0.15) is 25.7 Å². The topological polar surface area (TPSA) is 66.9 Å². The van der Waals surface area contributed by atoms with Crippen LogP contribution in [0.4, 0.5) is 0 Å². The van der Waals surface area contributed by atoms with Crippen molar-refractivity contribution in [3.8, 4) is 17.0 Å². The van der Waals surface area contributed by atoms with Crippen LogP contribution in [-0.2, 0) is 0 Å². The highest BCUT2D eigenvalue weighted by Crippen LogP contribution is 2.37. The Morgan fingerprint density at radius 1 is 1.16 bits per heavy atom. The van der Waals surface area contributed by atoms with Gasteiger partial charge < -0.3 is 9.64 Å². The number of ether oxygens (including phenoxy) is 1. The molecule has 1 N–H and O–H groups in total. The van der Waals surface area contributed by atoms with Gasteiger partial charge in [-0.15, -0.1) is 5.10 Å². The van der Waals surface area contributed by atoms with E-state index in [2.05, 4.69) is 38.4 Å². The molecule has 6 nitrogen and oxygen atoms in total. The Morgan fingerprint density at radius 3 is 2.84 bits per heavy atom. The molecule has 6 heteroatoms. The average molecular weight is 335 g/mol. The van der Waals surface area contributed by atoms with Gasteiger partial charge in [0.15, 0.2) is 0 Å². The van der Waals surface area contributed by atoms with Crippen molar-refractivity contribution in [1.29, 1.82) is 0 Å². The maximum atomic E-state index is 6.41. The zero-order chi connectivity index (χ0) is 16.8. The summed E-state index contributed by atoms with van der Waals surface area (Å²) in [5.74, 6) is 0.826. The summed E-state index contributed by atoms with van der Waals surface area (Å²) in [6.07, 6.45) is 8.56. The van der Waals surface area contributed by atoms with E-state index in [1.165, 1.54) is 12.8 Å². The number of hydrogen-bond donors (Lipinski definition) is 1. The van der Waals surface area contributed by atoms with Crippen molar-refractivity contribution >= 4 is 10.9 Å². The summed E-state index contributed by atoms with van der Waals surface area (Å²) in [7, 11) is 2.25. The van der Waals surface area contributed by atoms with Crippen LogP contribution >= 0.6 is 0 Å².